The van der Waals surface area contributed by atoms with Crippen LogP contribution in [-0.2, 0) is 4.79 Å². The maximum absolute atomic E-state index is 11.6. The Kier molecular flexibility index (Phi) is 6.89. The molecule has 0 saturated carbocycles. The minimum absolute atomic E-state index is 0.0460. The van der Waals surface area contributed by atoms with Crippen molar-refractivity contribution in [2.24, 2.45) is 0 Å². The Labute approximate surface area is 119 Å². The normalized spacial score (nSPS) is 11.2. The van der Waals surface area contributed by atoms with Crippen molar-refractivity contribution in [2.45, 2.75) is 25.8 Å². The Morgan fingerprint density at radius 3 is 2.60 bits per heavy atom. The van der Waals surface area contributed by atoms with E-state index in [4.69, 9.17) is 0 Å². The zero-order valence-corrected chi connectivity index (χ0v) is 11.7. The van der Waals surface area contributed by atoms with Crippen LogP contribution in [0.4, 0.5) is 10.5 Å². The molecule has 1 rings (SSSR count). The molecule has 0 aliphatic rings. The van der Waals surface area contributed by atoms with Crippen LogP contribution < -0.4 is 16.0 Å². The highest BCUT2D eigenvalue weighted by molar-refractivity contribution is 5.94. The van der Waals surface area contributed by atoms with Crippen molar-refractivity contribution in [3.05, 3.63) is 43.0 Å². The van der Waals surface area contributed by atoms with Crippen molar-refractivity contribution in [1.29, 1.82) is 0 Å². The summed E-state index contributed by atoms with van der Waals surface area (Å²) in [6.45, 7) is 5.56. The van der Waals surface area contributed by atoms with Gasteiger partial charge in [-0.1, -0.05) is 31.2 Å². The first kappa shape index (κ1) is 15.8. The van der Waals surface area contributed by atoms with E-state index in [-0.39, 0.29) is 24.5 Å². The number of urea groups is 1. The molecule has 0 saturated heterocycles. The molecule has 5 nitrogen and oxygen atoms in total. The Bertz CT molecular complexity index is 446. The fourth-order valence-corrected chi connectivity index (χ4v) is 1.65. The standard InChI is InChI=1S/C15H21N3O2/c1-3-8-12(4-2)18-15(20)16-11-14(19)17-13-9-6-5-7-10-13/h3,5-7,9-10,12H,1,4,8,11H2,2H3,(H,17,19)(H2,16,18,20). The lowest BCUT2D eigenvalue weighted by atomic mass is 10.1. The summed E-state index contributed by atoms with van der Waals surface area (Å²) in [4.78, 5) is 23.2. The highest BCUT2D eigenvalue weighted by Gasteiger charge is 2.09. The number of rotatable bonds is 7. The Morgan fingerprint density at radius 2 is 2.00 bits per heavy atom. The third-order valence-corrected chi connectivity index (χ3v) is 2.75. The van der Waals surface area contributed by atoms with Crippen molar-refractivity contribution in [3.63, 3.8) is 0 Å². The summed E-state index contributed by atoms with van der Waals surface area (Å²) in [6.07, 6.45) is 3.28. The predicted octanol–water partition coefficient (Wildman–Crippen LogP) is 2.28. The van der Waals surface area contributed by atoms with Gasteiger partial charge in [-0.25, -0.2) is 4.79 Å². The van der Waals surface area contributed by atoms with Crippen LogP contribution in [0.25, 0.3) is 0 Å². The number of benzene rings is 1. The van der Waals surface area contributed by atoms with Crippen LogP contribution in [0.5, 0.6) is 0 Å². The Balaban J connectivity index is 2.30. The quantitative estimate of drug-likeness (QED) is 0.668. The molecule has 0 aromatic heterocycles. The third-order valence-electron chi connectivity index (χ3n) is 2.75. The van der Waals surface area contributed by atoms with Crippen molar-refractivity contribution in [1.82, 2.24) is 10.6 Å². The summed E-state index contributed by atoms with van der Waals surface area (Å²) in [5.74, 6) is -0.261. The lowest BCUT2D eigenvalue weighted by molar-refractivity contribution is -0.115. The molecule has 0 radical (unpaired) electrons. The van der Waals surface area contributed by atoms with Crippen molar-refractivity contribution < 1.29 is 9.59 Å². The second-order valence-corrected chi connectivity index (χ2v) is 4.37. The van der Waals surface area contributed by atoms with Crippen LogP contribution in [0.15, 0.2) is 43.0 Å². The highest BCUT2D eigenvalue weighted by Crippen LogP contribution is 2.04. The van der Waals surface area contributed by atoms with Crippen molar-refractivity contribution in [3.8, 4) is 0 Å². The van der Waals surface area contributed by atoms with E-state index in [0.29, 0.717) is 12.1 Å². The number of carbonyl (C=O) groups excluding carboxylic acids is 2. The van der Waals surface area contributed by atoms with E-state index in [1.165, 1.54) is 0 Å². The van der Waals surface area contributed by atoms with Gasteiger partial charge in [-0.2, -0.15) is 0 Å². The van der Waals surface area contributed by atoms with Gasteiger partial charge in [0.15, 0.2) is 0 Å². The number of hydrogen-bond donors (Lipinski definition) is 3. The molecule has 1 aromatic carbocycles. The molecular formula is C15H21N3O2. The fraction of sp³-hybridized carbons (Fsp3) is 0.333. The summed E-state index contributed by atoms with van der Waals surface area (Å²) in [5, 5.41) is 8.01. The maximum atomic E-state index is 11.6. The maximum Gasteiger partial charge on any atom is 0.315 e. The summed E-state index contributed by atoms with van der Waals surface area (Å²) in [7, 11) is 0. The predicted molar refractivity (Wildman–Crippen MR) is 80.5 cm³/mol. The monoisotopic (exact) mass is 275 g/mol. The Hall–Kier alpha value is -2.30. The molecular weight excluding hydrogens is 254 g/mol. The van der Waals surface area contributed by atoms with Gasteiger partial charge in [0, 0.05) is 11.7 Å². The fourth-order valence-electron chi connectivity index (χ4n) is 1.65. The molecule has 0 spiro atoms. The van der Waals surface area contributed by atoms with Gasteiger partial charge < -0.3 is 16.0 Å². The average molecular weight is 275 g/mol. The molecule has 0 aliphatic carbocycles. The van der Waals surface area contributed by atoms with E-state index in [0.717, 1.165) is 6.42 Å². The molecule has 5 heteroatoms. The average Bonchev–Trinajstić information content (AvgIpc) is 2.45. The first-order chi connectivity index (χ1) is 9.65. The van der Waals surface area contributed by atoms with E-state index in [1.54, 1.807) is 18.2 Å². The van der Waals surface area contributed by atoms with Crippen molar-refractivity contribution in [2.75, 3.05) is 11.9 Å². The Morgan fingerprint density at radius 1 is 1.30 bits per heavy atom. The molecule has 3 N–H and O–H groups in total. The molecule has 0 bridgehead atoms. The second kappa shape index (κ2) is 8.74. The third kappa shape index (κ3) is 6.04. The van der Waals surface area contributed by atoms with Gasteiger partial charge in [0.05, 0.1) is 6.54 Å². The van der Waals surface area contributed by atoms with Crippen LogP contribution >= 0.6 is 0 Å². The molecule has 1 unspecified atom stereocenters. The van der Waals surface area contributed by atoms with Gasteiger partial charge in [-0.05, 0) is 25.0 Å². The summed E-state index contributed by atoms with van der Waals surface area (Å²) >= 11 is 0. The minimum atomic E-state index is -0.345. The molecule has 20 heavy (non-hydrogen) atoms. The molecule has 108 valence electrons. The van der Waals surface area contributed by atoms with Gasteiger partial charge in [-0.3, -0.25) is 4.79 Å². The van der Waals surface area contributed by atoms with E-state index in [9.17, 15) is 9.59 Å². The second-order valence-electron chi connectivity index (χ2n) is 4.37. The van der Waals surface area contributed by atoms with E-state index in [1.807, 2.05) is 25.1 Å². The van der Waals surface area contributed by atoms with E-state index >= 15 is 0 Å². The van der Waals surface area contributed by atoms with Crippen LogP contribution in [0.1, 0.15) is 19.8 Å². The van der Waals surface area contributed by atoms with Gasteiger partial charge in [-0.15, -0.1) is 6.58 Å². The topological polar surface area (TPSA) is 70.2 Å². The molecule has 0 aliphatic heterocycles. The SMILES string of the molecule is C=CCC(CC)NC(=O)NCC(=O)Nc1ccccc1. The lowest BCUT2D eigenvalue weighted by Crippen LogP contribution is -2.44. The first-order valence-corrected chi connectivity index (χ1v) is 6.65. The molecule has 1 atom stereocenters. The van der Waals surface area contributed by atoms with E-state index in [2.05, 4.69) is 22.5 Å². The van der Waals surface area contributed by atoms with Gasteiger partial charge in [0.2, 0.25) is 5.91 Å². The van der Waals surface area contributed by atoms with Crippen LogP contribution in [0, 0.1) is 0 Å². The number of nitrogens with one attached hydrogen (secondary N) is 3. The molecule has 3 amide bonds. The number of carbonyl (C=O) groups is 2. The summed E-state index contributed by atoms with van der Waals surface area (Å²) in [5.41, 5.74) is 0.706. The van der Waals surface area contributed by atoms with Crippen LogP contribution in [0.2, 0.25) is 0 Å². The number of amides is 3. The zero-order valence-electron chi connectivity index (χ0n) is 11.7. The lowest BCUT2D eigenvalue weighted by Gasteiger charge is -2.15. The van der Waals surface area contributed by atoms with Crippen LogP contribution in [-0.4, -0.2) is 24.5 Å². The highest BCUT2D eigenvalue weighted by atomic mass is 16.2. The number of hydrogen-bond acceptors (Lipinski definition) is 2. The van der Waals surface area contributed by atoms with Gasteiger partial charge in [0.1, 0.15) is 0 Å². The van der Waals surface area contributed by atoms with Crippen LogP contribution in [0.3, 0.4) is 0 Å². The first-order valence-electron chi connectivity index (χ1n) is 6.65. The van der Waals surface area contributed by atoms with Gasteiger partial charge in [0.25, 0.3) is 0 Å². The van der Waals surface area contributed by atoms with Crippen molar-refractivity contribution >= 4 is 17.6 Å². The molecule has 1 aromatic rings. The minimum Gasteiger partial charge on any atom is -0.335 e. The number of anilines is 1. The zero-order chi connectivity index (χ0) is 14.8. The molecule has 0 heterocycles. The summed E-state index contributed by atoms with van der Waals surface area (Å²) < 4.78 is 0. The summed E-state index contributed by atoms with van der Waals surface area (Å²) in [6, 6.07) is 8.80. The number of para-hydroxylation sites is 1. The largest absolute Gasteiger partial charge is 0.335 e. The van der Waals surface area contributed by atoms with Gasteiger partial charge >= 0.3 is 6.03 Å². The molecule has 0 fully saturated rings. The van der Waals surface area contributed by atoms with E-state index < -0.39 is 0 Å². The smallest absolute Gasteiger partial charge is 0.315 e.